The van der Waals surface area contributed by atoms with Gasteiger partial charge in [0.2, 0.25) is 0 Å². The molecule has 1 N–H and O–H groups in total. The molecule has 1 atom stereocenters. The van der Waals surface area contributed by atoms with Crippen LogP contribution >= 0.6 is 23.4 Å². The van der Waals surface area contributed by atoms with Gasteiger partial charge in [0.25, 0.3) is 0 Å². The van der Waals surface area contributed by atoms with Crippen LogP contribution < -0.4 is 0 Å². The number of para-hydroxylation sites is 1. The molecule has 2 aromatic carbocycles. The number of aromatic amines is 1. The fourth-order valence-corrected chi connectivity index (χ4v) is 4.17. The molecule has 1 unspecified atom stereocenters. The predicted octanol–water partition coefficient (Wildman–Crippen LogP) is 6.16. The van der Waals surface area contributed by atoms with Gasteiger partial charge in [0, 0.05) is 40.2 Å². The lowest BCUT2D eigenvalue weighted by Crippen LogP contribution is -2.08. The summed E-state index contributed by atoms with van der Waals surface area (Å²) in [6.45, 7) is 2.25. The Hall–Kier alpha value is -1.91. The number of rotatable bonds is 8. The fourth-order valence-electron chi connectivity index (χ4n) is 3.50. The standard InChI is InChI=1S/C22H24ClNO2S/c1-3-26-21(25)12-11-18(15-7-9-17(23)10-8-15)20-13-24-22-16(14-27-2)5-4-6-19(20)22/h4-10,13,18,24H,3,11-12,14H2,1-2H3. The van der Waals surface area contributed by atoms with Gasteiger partial charge in [0.05, 0.1) is 6.61 Å². The number of esters is 1. The van der Waals surface area contributed by atoms with Gasteiger partial charge in [0.1, 0.15) is 0 Å². The van der Waals surface area contributed by atoms with E-state index in [0.717, 1.165) is 11.3 Å². The monoisotopic (exact) mass is 401 g/mol. The summed E-state index contributed by atoms with van der Waals surface area (Å²) in [5.74, 6) is 0.912. The Morgan fingerprint density at radius 2 is 2.00 bits per heavy atom. The van der Waals surface area contributed by atoms with E-state index in [1.807, 2.05) is 43.0 Å². The van der Waals surface area contributed by atoms with E-state index >= 15 is 0 Å². The fraction of sp³-hybridized carbons (Fsp3) is 0.318. The average Bonchev–Trinajstić information content (AvgIpc) is 3.09. The molecule has 0 bridgehead atoms. The normalized spacial score (nSPS) is 12.3. The molecule has 5 heteroatoms. The third-order valence-electron chi connectivity index (χ3n) is 4.72. The van der Waals surface area contributed by atoms with Crippen LogP contribution in [0.3, 0.4) is 0 Å². The van der Waals surface area contributed by atoms with Gasteiger partial charge in [0.15, 0.2) is 0 Å². The molecule has 0 radical (unpaired) electrons. The Kier molecular flexibility index (Phi) is 6.86. The van der Waals surface area contributed by atoms with E-state index in [-0.39, 0.29) is 11.9 Å². The zero-order valence-corrected chi connectivity index (χ0v) is 17.2. The molecule has 3 nitrogen and oxygen atoms in total. The maximum Gasteiger partial charge on any atom is 0.305 e. The number of carbonyl (C=O) groups is 1. The highest BCUT2D eigenvalue weighted by Crippen LogP contribution is 2.36. The van der Waals surface area contributed by atoms with Crippen LogP contribution in [0, 0.1) is 0 Å². The van der Waals surface area contributed by atoms with E-state index < -0.39 is 0 Å². The number of carbonyl (C=O) groups excluding carboxylic acids is 1. The number of H-pyrrole nitrogens is 1. The first-order valence-corrected chi connectivity index (χ1v) is 10.9. The van der Waals surface area contributed by atoms with Crippen LogP contribution in [0.25, 0.3) is 10.9 Å². The number of aromatic nitrogens is 1. The first kappa shape index (κ1) is 19.8. The summed E-state index contributed by atoms with van der Waals surface area (Å²) in [5.41, 5.74) is 4.84. The van der Waals surface area contributed by atoms with E-state index in [9.17, 15) is 4.79 Å². The topological polar surface area (TPSA) is 42.1 Å². The molecule has 27 heavy (non-hydrogen) atoms. The van der Waals surface area contributed by atoms with Crippen molar-refractivity contribution in [3.8, 4) is 0 Å². The second-order valence-corrected chi connectivity index (χ2v) is 7.77. The van der Waals surface area contributed by atoms with Crippen LogP contribution in [0.15, 0.2) is 48.7 Å². The van der Waals surface area contributed by atoms with Crippen LogP contribution in [-0.2, 0) is 15.3 Å². The van der Waals surface area contributed by atoms with Gasteiger partial charge in [-0.1, -0.05) is 41.9 Å². The molecule has 0 spiro atoms. The summed E-state index contributed by atoms with van der Waals surface area (Å²) in [6.07, 6.45) is 5.27. The summed E-state index contributed by atoms with van der Waals surface area (Å²) in [6, 6.07) is 14.3. The minimum absolute atomic E-state index is 0.102. The van der Waals surface area contributed by atoms with Crippen molar-refractivity contribution in [2.24, 2.45) is 0 Å². The van der Waals surface area contributed by atoms with Gasteiger partial charge < -0.3 is 9.72 Å². The molecule has 3 rings (SSSR count). The van der Waals surface area contributed by atoms with Gasteiger partial charge in [-0.3, -0.25) is 4.79 Å². The molecule has 0 amide bonds. The summed E-state index contributed by atoms with van der Waals surface area (Å²) in [7, 11) is 0. The molecule has 142 valence electrons. The van der Waals surface area contributed by atoms with E-state index in [2.05, 4.69) is 35.6 Å². The number of halogens is 1. The van der Waals surface area contributed by atoms with Crippen molar-refractivity contribution in [3.05, 3.63) is 70.4 Å². The summed E-state index contributed by atoms with van der Waals surface area (Å²) in [5, 5.41) is 1.93. The van der Waals surface area contributed by atoms with Gasteiger partial charge >= 0.3 is 5.97 Å². The molecular formula is C22H24ClNO2S. The van der Waals surface area contributed by atoms with Crippen molar-refractivity contribution >= 4 is 40.2 Å². The number of hydrogen-bond donors (Lipinski definition) is 1. The van der Waals surface area contributed by atoms with Crippen molar-refractivity contribution in [1.29, 1.82) is 0 Å². The van der Waals surface area contributed by atoms with Gasteiger partial charge in [-0.2, -0.15) is 11.8 Å². The van der Waals surface area contributed by atoms with Crippen molar-refractivity contribution in [3.63, 3.8) is 0 Å². The van der Waals surface area contributed by atoms with Crippen LogP contribution in [0.1, 0.15) is 42.4 Å². The Balaban J connectivity index is 1.99. The molecular weight excluding hydrogens is 378 g/mol. The second-order valence-electron chi connectivity index (χ2n) is 6.46. The third-order valence-corrected chi connectivity index (χ3v) is 5.58. The minimum Gasteiger partial charge on any atom is -0.466 e. The highest BCUT2D eigenvalue weighted by Gasteiger charge is 2.20. The second kappa shape index (κ2) is 9.34. The Labute approximate surface area is 169 Å². The zero-order valence-electron chi connectivity index (χ0n) is 15.6. The van der Waals surface area contributed by atoms with Crippen molar-refractivity contribution in [1.82, 2.24) is 4.98 Å². The van der Waals surface area contributed by atoms with E-state index in [0.29, 0.717) is 24.5 Å². The number of hydrogen-bond acceptors (Lipinski definition) is 3. The van der Waals surface area contributed by atoms with E-state index in [1.54, 1.807) is 0 Å². The first-order chi connectivity index (χ1) is 13.1. The number of ether oxygens (including phenoxy) is 1. The SMILES string of the molecule is CCOC(=O)CCC(c1ccc(Cl)cc1)c1c[nH]c2c(CSC)cccc12. The van der Waals surface area contributed by atoms with Crippen LogP contribution in [0.4, 0.5) is 0 Å². The van der Waals surface area contributed by atoms with Crippen molar-refractivity contribution in [2.75, 3.05) is 12.9 Å². The number of thioether (sulfide) groups is 1. The molecule has 0 aliphatic carbocycles. The van der Waals surface area contributed by atoms with Gasteiger partial charge in [-0.05, 0) is 48.4 Å². The van der Waals surface area contributed by atoms with Gasteiger partial charge in [-0.15, -0.1) is 0 Å². The van der Waals surface area contributed by atoms with E-state index in [1.165, 1.54) is 22.0 Å². The van der Waals surface area contributed by atoms with Crippen molar-refractivity contribution in [2.45, 2.75) is 31.4 Å². The lowest BCUT2D eigenvalue weighted by Gasteiger charge is -2.17. The van der Waals surface area contributed by atoms with Crippen LogP contribution in [0.2, 0.25) is 5.02 Å². The molecule has 0 saturated heterocycles. The lowest BCUT2D eigenvalue weighted by atomic mass is 9.87. The lowest BCUT2D eigenvalue weighted by molar-refractivity contribution is -0.143. The van der Waals surface area contributed by atoms with Crippen LogP contribution in [-0.4, -0.2) is 23.8 Å². The molecule has 3 aromatic rings. The molecule has 0 aliphatic rings. The van der Waals surface area contributed by atoms with Gasteiger partial charge in [-0.25, -0.2) is 0 Å². The highest BCUT2D eigenvalue weighted by molar-refractivity contribution is 7.97. The van der Waals surface area contributed by atoms with Crippen LogP contribution in [0.5, 0.6) is 0 Å². The zero-order chi connectivity index (χ0) is 19.2. The Bertz CT molecular complexity index is 904. The first-order valence-electron chi connectivity index (χ1n) is 9.13. The molecule has 0 saturated carbocycles. The quantitative estimate of drug-likeness (QED) is 0.459. The largest absolute Gasteiger partial charge is 0.466 e. The number of nitrogens with one attached hydrogen (secondary N) is 1. The smallest absolute Gasteiger partial charge is 0.305 e. The summed E-state index contributed by atoms with van der Waals surface area (Å²) in [4.78, 5) is 15.4. The molecule has 1 aromatic heterocycles. The molecule has 1 heterocycles. The number of fused-ring (bicyclic) bond motifs is 1. The number of benzene rings is 2. The third kappa shape index (κ3) is 4.69. The summed E-state index contributed by atoms with van der Waals surface area (Å²) < 4.78 is 5.13. The maximum absolute atomic E-state index is 12.0. The molecule has 0 fully saturated rings. The Morgan fingerprint density at radius 3 is 2.70 bits per heavy atom. The predicted molar refractivity (Wildman–Crippen MR) is 115 cm³/mol. The molecule has 0 aliphatic heterocycles. The maximum atomic E-state index is 12.0. The minimum atomic E-state index is -0.153. The Morgan fingerprint density at radius 1 is 1.22 bits per heavy atom. The van der Waals surface area contributed by atoms with Crippen molar-refractivity contribution < 1.29 is 9.53 Å². The highest BCUT2D eigenvalue weighted by atomic mass is 35.5. The average molecular weight is 402 g/mol. The van der Waals surface area contributed by atoms with E-state index in [4.69, 9.17) is 16.3 Å². The summed E-state index contributed by atoms with van der Waals surface area (Å²) >= 11 is 7.89.